The number of phenolic OH excluding ortho intramolecular Hbond substituents is 1. The summed E-state index contributed by atoms with van der Waals surface area (Å²) < 4.78 is 0. The molecule has 4 unspecified atom stereocenters. The van der Waals surface area contributed by atoms with Crippen molar-refractivity contribution < 1.29 is 34.2 Å². The number of carboxylic acid groups (broad SMARTS) is 1. The highest BCUT2D eigenvalue weighted by molar-refractivity contribution is 7.80. The smallest absolute Gasteiger partial charge is 0.326 e. The van der Waals surface area contributed by atoms with Crippen molar-refractivity contribution in [2.75, 3.05) is 5.75 Å². The molecule has 0 spiro atoms. The third-order valence-corrected chi connectivity index (χ3v) is 5.18. The van der Waals surface area contributed by atoms with Crippen LogP contribution in [0, 0.1) is 5.92 Å². The van der Waals surface area contributed by atoms with E-state index in [1.807, 2.05) is 0 Å². The van der Waals surface area contributed by atoms with Gasteiger partial charge in [-0.1, -0.05) is 26.0 Å². The van der Waals surface area contributed by atoms with Crippen molar-refractivity contribution in [3.63, 3.8) is 0 Å². The van der Waals surface area contributed by atoms with Gasteiger partial charge in [0.1, 0.15) is 23.9 Å². The van der Waals surface area contributed by atoms with Crippen LogP contribution in [-0.2, 0) is 30.4 Å². The molecule has 0 saturated carbocycles. The number of nitrogens with two attached hydrogens (primary N) is 2. The SMILES string of the molecule is CC(C)C(NC(=O)C(CS)NC(=O)C(Cc1ccc(O)cc1)NC(=O)C(N)CC(N)=O)C(=O)O. The Kier molecular flexibility index (Phi) is 11.3. The first-order chi connectivity index (χ1) is 15.8. The Morgan fingerprint density at radius 1 is 0.941 bits per heavy atom. The van der Waals surface area contributed by atoms with Gasteiger partial charge < -0.3 is 37.6 Å². The Labute approximate surface area is 202 Å². The minimum Gasteiger partial charge on any atom is -0.508 e. The highest BCUT2D eigenvalue weighted by atomic mass is 32.1. The molecule has 4 amide bonds. The number of aromatic hydroxyl groups is 1. The van der Waals surface area contributed by atoms with Crippen LogP contribution >= 0.6 is 12.6 Å². The maximum atomic E-state index is 13.0. The van der Waals surface area contributed by atoms with Gasteiger partial charge in [-0.05, 0) is 23.6 Å². The van der Waals surface area contributed by atoms with E-state index in [4.69, 9.17) is 11.5 Å². The third-order valence-electron chi connectivity index (χ3n) is 4.81. The number of aliphatic carboxylic acids is 1. The van der Waals surface area contributed by atoms with Crippen molar-refractivity contribution in [2.24, 2.45) is 17.4 Å². The number of thiol groups is 1. The zero-order valence-corrected chi connectivity index (χ0v) is 19.7. The molecule has 0 aliphatic heterocycles. The van der Waals surface area contributed by atoms with Gasteiger partial charge in [0.2, 0.25) is 23.6 Å². The van der Waals surface area contributed by atoms with Crippen molar-refractivity contribution >= 4 is 42.2 Å². The summed E-state index contributed by atoms with van der Waals surface area (Å²) in [7, 11) is 0. The Bertz CT molecular complexity index is 894. The molecule has 0 saturated heterocycles. The van der Waals surface area contributed by atoms with Gasteiger partial charge in [0.05, 0.1) is 12.5 Å². The molecule has 0 bridgehead atoms. The van der Waals surface area contributed by atoms with Crippen molar-refractivity contribution in [1.29, 1.82) is 0 Å². The van der Waals surface area contributed by atoms with E-state index < -0.39 is 66.1 Å². The maximum absolute atomic E-state index is 13.0. The molecule has 13 heteroatoms. The molecule has 9 N–H and O–H groups in total. The Morgan fingerprint density at radius 2 is 1.47 bits per heavy atom. The minimum absolute atomic E-state index is 0.00205. The first-order valence-electron chi connectivity index (χ1n) is 10.4. The molecule has 0 aromatic heterocycles. The van der Waals surface area contributed by atoms with E-state index in [0.717, 1.165) is 0 Å². The second-order valence-corrected chi connectivity index (χ2v) is 8.39. The van der Waals surface area contributed by atoms with Crippen LogP contribution in [0.1, 0.15) is 25.8 Å². The average Bonchev–Trinajstić information content (AvgIpc) is 2.75. The minimum atomic E-state index is -1.29. The molecule has 34 heavy (non-hydrogen) atoms. The highest BCUT2D eigenvalue weighted by Crippen LogP contribution is 2.12. The highest BCUT2D eigenvalue weighted by Gasteiger charge is 2.31. The number of carboxylic acids is 1. The summed E-state index contributed by atoms with van der Waals surface area (Å²) in [5, 5.41) is 26.0. The normalized spacial score (nSPS) is 14.4. The van der Waals surface area contributed by atoms with E-state index in [9.17, 15) is 34.2 Å². The van der Waals surface area contributed by atoms with Gasteiger partial charge >= 0.3 is 5.97 Å². The van der Waals surface area contributed by atoms with E-state index in [1.54, 1.807) is 13.8 Å². The number of rotatable bonds is 13. The number of hydrogen-bond donors (Lipinski definition) is 8. The molecule has 188 valence electrons. The zero-order chi connectivity index (χ0) is 26.0. The lowest BCUT2D eigenvalue weighted by molar-refractivity contribution is -0.143. The Balaban J connectivity index is 3.03. The molecule has 12 nitrogen and oxygen atoms in total. The predicted octanol–water partition coefficient (Wildman–Crippen LogP) is -1.74. The molecule has 1 rings (SSSR count). The average molecular weight is 498 g/mol. The number of amides is 4. The number of nitrogens with one attached hydrogen (secondary N) is 3. The quantitative estimate of drug-likeness (QED) is 0.146. The molecule has 0 radical (unpaired) electrons. The van der Waals surface area contributed by atoms with E-state index >= 15 is 0 Å². The van der Waals surface area contributed by atoms with Gasteiger partial charge in [-0.25, -0.2) is 4.79 Å². The second-order valence-electron chi connectivity index (χ2n) is 8.02. The summed E-state index contributed by atoms with van der Waals surface area (Å²) in [4.78, 5) is 60.4. The number of primary amides is 1. The summed E-state index contributed by atoms with van der Waals surface area (Å²) in [6.07, 6.45) is -0.474. The summed E-state index contributed by atoms with van der Waals surface area (Å²) in [5.41, 5.74) is 11.3. The molecule has 1 aromatic rings. The molecule has 1 aromatic carbocycles. The van der Waals surface area contributed by atoms with Crippen LogP contribution < -0.4 is 27.4 Å². The van der Waals surface area contributed by atoms with Crippen LogP contribution in [-0.4, -0.2) is 69.7 Å². The maximum Gasteiger partial charge on any atom is 0.326 e. The van der Waals surface area contributed by atoms with Crippen molar-refractivity contribution in [3.8, 4) is 5.75 Å². The van der Waals surface area contributed by atoms with Crippen molar-refractivity contribution in [3.05, 3.63) is 29.8 Å². The molecule has 0 aliphatic carbocycles. The molecule has 0 aliphatic rings. The number of hydrogen-bond acceptors (Lipinski definition) is 8. The Hall–Kier alpha value is -3.32. The van der Waals surface area contributed by atoms with Gasteiger partial charge in [0, 0.05) is 12.2 Å². The predicted molar refractivity (Wildman–Crippen MR) is 126 cm³/mol. The van der Waals surface area contributed by atoms with Crippen LogP contribution in [0.2, 0.25) is 0 Å². The van der Waals surface area contributed by atoms with Crippen LogP contribution in [0.4, 0.5) is 0 Å². The van der Waals surface area contributed by atoms with Crippen LogP contribution in [0.25, 0.3) is 0 Å². The monoisotopic (exact) mass is 497 g/mol. The fourth-order valence-electron chi connectivity index (χ4n) is 2.90. The van der Waals surface area contributed by atoms with Crippen molar-refractivity contribution in [1.82, 2.24) is 16.0 Å². The molecular weight excluding hydrogens is 466 g/mol. The van der Waals surface area contributed by atoms with E-state index in [-0.39, 0.29) is 17.9 Å². The van der Waals surface area contributed by atoms with Crippen LogP contribution in [0.3, 0.4) is 0 Å². The lowest BCUT2D eigenvalue weighted by atomic mass is 10.0. The molecule has 0 heterocycles. The van der Waals surface area contributed by atoms with Gasteiger partial charge in [0.15, 0.2) is 0 Å². The third kappa shape index (κ3) is 9.27. The van der Waals surface area contributed by atoms with E-state index in [2.05, 4.69) is 28.6 Å². The second kappa shape index (κ2) is 13.4. The number of phenols is 1. The topological polar surface area (TPSA) is 214 Å². The van der Waals surface area contributed by atoms with Gasteiger partial charge in [-0.3, -0.25) is 19.2 Å². The van der Waals surface area contributed by atoms with Gasteiger partial charge in [-0.2, -0.15) is 12.6 Å². The van der Waals surface area contributed by atoms with Crippen LogP contribution in [0.5, 0.6) is 5.75 Å². The van der Waals surface area contributed by atoms with Gasteiger partial charge in [-0.15, -0.1) is 0 Å². The fraction of sp³-hybridized carbons (Fsp3) is 0.476. The molecule has 4 atom stereocenters. The van der Waals surface area contributed by atoms with E-state index in [0.29, 0.717) is 5.56 Å². The van der Waals surface area contributed by atoms with E-state index in [1.165, 1.54) is 24.3 Å². The lowest BCUT2D eigenvalue weighted by Gasteiger charge is -2.25. The first kappa shape index (κ1) is 28.7. The number of carbonyl (C=O) groups excluding carboxylic acids is 4. The number of benzene rings is 1. The Morgan fingerprint density at radius 3 is 1.94 bits per heavy atom. The molecule has 0 fully saturated rings. The molecular formula is C21H31N5O7S. The standard InChI is InChI=1S/C21H31N5O7S/c1-10(2)17(21(32)33)26-20(31)15(9-34)25-19(30)14(7-11-3-5-12(27)6-4-11)24-18(29)13(22)8-16(23)28/h3-6,10,13-15,17,27,34H,7-9,22H2,1-2H3,(H2,23,28)(H,24,29)(H,25,30)(H,26,31)(H,32,33). The first-order valence-corrected chi connectivity index (χ1v) is 11.1. The summed E-state index contributed by atoms with van der Waals surface area (Å²) in [6, 6.07) is 0.980. The van der Waals surface area contributed by atoms with Gasteiger partial charge in [0.25, 0.3) is 0 Å². The zero-order valence-electron chi connectivity index (χ0n) is 18.9. The van der Waals surface area contributed by atoms with Crippen LogP contribution in [0.15, 0.2) is 24.3 Å². The number of carbonyl (C=O) groups is 5. The lowest BCUT2D eigenvalue weighted by Crippen LogP contribution is -2.58. The summed E-state index contributed by atoms with van der Waals surface area (Å²) in [6.45, 7) is 3.23. The largest absolute Gasteiger partial charge is 0.508 e. The summed E-state index contributed by atoms with van der Waals surface area (Å²) in [5.74, 6) is -4.92. The fourth-order valence-corrected chi connectivity index (χ4v) is 3.16. The summed E-state index contributed by atoms with van der Waals surface area (Å²) >= 11 is 4.07. The van der Waals surface area contributed by atoms with Crippen molar-refractivity contribution in [2.45, 2.75) is 50.9 Å².